The summed E-state index contributed by atoms with van der Waals surface area (Å²) >= 11 is 0. The molecule has 2 aromatic rings. The highest BCUT2D eigenvalue weighted by molar-refractivity contribution is 5.97. The van der Waals surface area contributed by atoms with Gasteiger partial charge in [0.1, 0.15) is 29.3 Å². The molecule has 41 heavy (non-hydrogen) atoms. The van der Waals surface area contributed by atoms with Gasteiger partial charge in [0, 0.05) is 13.5 Å². The summed E-state index contributed by atoms with van der Waals surface area (Å²) in [7, 11) is 1.55. The molecule has 1 saturated heterocycles. The molecule has 10 nitrogen and oxygen atoms in total. The van der Waals surface area contributed by atoms with Crippen LogP contribution in [0.15, 0.2) is 54.6 Å². The molecule has 0 unspecified atom stereocenters. The Bertz CT molecular complexity index is 1290. The number of hydrogen-bond acceptors (Lipinski definition) is 6. The zero-order valence-electron chi connectivity index (χ0n) is 24.4. The molecule has 1 aliphatic carbocycles. The summed E-state index contributed by atoms with van der Waals surface area (Å²) in [6.45, 7) is 6.81. The van der Waals surface area contributed by atoms with Crippen molar-refractivity contribution in [3.8, 4) is 11.1 Å². The SMILES string of the molecule is CC[C@@H]1C[C@]1(NC(=O)[C@@H]1C[C@@](OC)(c2ccc(-c3ccccc3)cc2)CN1C(=O)CNC(=O)OC(C)(C)C)C(N)=O. The second-order valence-corrected chi connectivity index (χ2v) is 11.9. The number of likely N-dealkylation sites (tertiary alicyclic amines) is 1. The first-order chi connectivity index (χ1) is 19.3. The van der Waals surface area contributed by atoms with Crippen molar-refractivity contribution in [2.75, 3.05) is 20.2 Å². The highest BCUT2D eigenvalue weighted by atomic mass is 16.6. The number of nitrogens with two attached hydrogens (primary N) is 1. The Morgan fingerprint density at radius 2 is 1.63 bits per heavy atom. The van der Waals surface area contributed by atoms with Crippen LogP contribution in [-0.4, -0.2) is 66.1 Å². The average Bonchev–Trinajstić information content (AvgIpc) is 3.51. The molecule has 10 heteroatoms. The Morgan fingerprint density at radius 1 is 1.00 bits per heavy atom. The Balaban J connectivity index is 1.60. The monoisotopic (exact) mass is 564 g/mol. The number of ether oxygens (including phenoxy) is 2. The summed E-state index contributed by atoms with van der Waals surface area (Å²) < 4.78 is 11.3. The first-order valence-electron chi connectivity index (χ1n) is 13.9. The lowest BCUT2D eigenvalue weighted by Crippen LogP contribution is -2.55. The van der Waals surface area contributed by atoms with Crippen molar-refractivity contribution < 1.29 is 28.7 Å². The molecule has 0 bridgehead atoms. The number of carbonyl (C=O) groups excluding carboxylic acids is 4. The molecule has 2 aromatic carbocycles. The molecule has 2 aliphatic rings. The molecule has 0 aromatic heterocycles. The maximum Gasteiger partial charge on any atom is 0.408 e. The number of benzene rings is 2. The number of hydrogen-bond donors (Lipinski definition) is 3. The van der Waals surface area contributed by atoms with Crippen LogP contribution < -0.4 is 16.4 Å². The Hall–Kier alpha value is -3.92. The second-order valence-electron chi connectivity index (χ2n) is 11.9. The van der Waals surface area contributed by atoms with Gasteiger partial charge in [0.15, 0.2) is 0 Å². The molecule has 2 fully saturated rings. The second kappa shape index (κ2) is 11.5. The maximum absolute atomic E-state index is 13.7. The third-order valence-corrected chi connectivity index (χ3v) is 8.02. The summed E-state index contributed by atoms with van der Waals surface area (Å²) in [6.07, 6.45) is 0.564. The van der Waals surface area contributed by atoms with Gasteiger partial charge in [0.25, 0.3) is 0 Å². The van der Waals surface area contributed by atoms with Crippen molar-refractivity contribution in [3.05, 3.63) is 60.2 Å². The van der Waals surface area contributed by atoms with E-state index in [0.717, 1.165) is 16.7 Å². The van der Waals surface area contributed by atoms with E-state index >= 15 is 0 Å². The molecule has 0 spiro atoms. The normalized spacial score (nSPS) is 25.3. The van der Waals surface area contributed by atoms with Gasteiger partial charge < -0.3 is 30.7 Å². The zero-order chi connectivity index (χ0) is 30.0. The standard InChI is InChI=1S/C31H40N4O6/c1-6-22-16-31(22,27(32)38)34-26(37)24-17-30(40-5,19-35(24)25(36)18-33-28(39)41-29(2,3)4)23-14-12-21(13-15-23)20-10-8-7-9-11-20/h7-15,22,24H,6,16-19H2,1-5H3,(H2,32,38)(H,33,39)(H,34,37)/t22-,24+,30+,31-/m1/s1. The number of methoxy groups -OCH3 is 1. The minimum atomic E-state index is -1.12. The van der Waals surface area contributed by atoms with Crippen LogP contribution in [0.2, 0.25) is 0 Å². The van der Waals surface area contributed by atoms with Gasteiger partial charge in [-0.15, -0.1) is 0 Å². The number of nitrogens with zero attached hydrogens (tertiary/aromatic N) is 1. The summed E-state index contributed by atoms with van der Waals surface area (Å²) in [5.74, 6) is -1.60. The van der Waals surface area contributed by atoms with Crippen molar-refractivity contribution in [3.63, 3.8) is 0 Å². The van der Waals surface area contributed by atoms with Crippen molar-refractivity contribution in [1.29, 1.82) is 0 Å². The first kappa shape index (κ1) is 30.0. The van der Waals surface area contributed by atoms with E-state index in [1.807, 2.05) is 61.5 Å². The van der Waals surface area contributed by atoms with Crippen molar-refractivity contribution in [1.82, 2.24) is 15.5 Å². The minimum absolute atomic E-state index is 0.0546. The van der Waals surface area contributed by atoms with Gasteiger partial charge in [0.2, 0.25) is 17.7 Å². The fraction of sp³-hybridized carbons (Fsp3) is 0.484. The molecule has 0 radical (unpaired) electrons. The van der Waals surface area contributed by atoms with Gasteiger partial charge in [-0.1, -0.05) is 67.9 Å². The third kappa shape index (κ3) is 6.37. The molecular formula is C31H40N4O6. The number of amides is 4. The van der Waals surface area contributed by atoms with E-state index < -0.39 is 46.6 Å². The number of alkyl carbamates (subject to hydrolysis) is 1. The predicted molar refractivity (Wildman–Crippen MR) is 153 cm³/mol. The maximum atomic E-state index is 13.7. The van der Waals surface area contributed by atoms with Crippen LogP contribution >= 0.6 is 0 Å². The van der Waals surface area contributed by atoms with Crippen LogP contribution in [0.25, 0.3) is 11.1 Å². The zero-order valence-corrected chi connectivity index (χ0v) is 24.4. The van der Waals surface area contributed by atoms with Gasteiger partial charge in [0.05, 0.1) is 6.54 Å². The van der Waals surface area contributed by atoms with Crippen LogP contribution in [0.4, 0.5) is 4.79 Å². The van der Waals surface area contributed by atoms with Gasteiger partial charge >= 0.3 is 6.09 Å². The van der Waals surface area contributed by atoms with E-state index in [4.69, 9.17) is 15.2 Å². The molecule has 1 heterocycles. The number of carbonyl (C=O) groups is 4. The molecule has 220 valence electrons. The van der Waals surface area contributed by atoms with Gasteiger partial charge in [-0.05, 0) is 49.8 Å². The van der Waals surface area contributed by atoms with Crippen LogP contribution in [0.5, 0.6) is 0 Å². The summed E-state index contributed by atoms with van der Waals surface area (Å²) in [5.41, 5.74) is 5.72. The Morgan fingerprint density at radius 3 is 2.17 bits per heavy atom. The van der Waals surface area contributed by atoms with Crippen molar-refractivity contribution in [2.45, 2.75) is 69.7 Å². The smallest absolute Gasteiger partial charge is 0.408 e. The van der Waals surface area contributed by atoms with E-state index in [2.05, 4.69) is 10.6 Å². The molecule has 4 atom stereocenters. The number of primary amides is 1. The van der Waals surface area contributed by atoms with E-state index in [9.17, 15) is 19.2 Å². The summed E-state index contributed by atoms with van der Waals surface area (Å²) in [4.78, 5) is 53.1. The van der Waals surface area contributed by atoms with Crippen molar-refractivity contribution >= 4 is 23.8 Å². The quantitative estimate of drug-likeness (QED) is 0.428. The van der Waals surface area contributed by atoms with Crippen molar-refractivity contribution in [2.24, 2.45) is 11.7 Å². The number of rotatable bonds is 9. The molecule has 4 N–H and O–H groups in total. The molecular weight excluding hydrogens is 524 g/mol. The Kier molecular flexibility index (Phi) is 8.44. The lowest BCUT2D eigenvalue weighted by Gasteiger charge is -2.28. The van der Waals surface area contributed by atoms with Crippen LogP contribution in [0.1, 0.15) is 52.5 Å². The first-order valence-corrected chi connectivity index (χ1v) is 13.9. The van der Waals surface area contributed by atoms with E-state index in [1.54, 1.807) is 27.9 Å². The van der Waals surface area contributed by atoms with Gasteiger partial charge in [-0.3, -0.25) is 14.4 Å². The van der Waals surface area contributed by atoms with E-state index in [1.165, 1.54) is 4.90 Å². The average molecular weight is 565 g/mol. The highest BCUT2D eigenvalue weighted by Crippen LogP contribution is 2.46. The predicted octanol–water partition coefficient (Wildman–Crippen LogP) is 3.09. The van der Waals surface area contributed by atoms with Crippen LogP contribution in [0.3, 0.4) is 0 Å². The summed E-state index contributed by atoms with van der Waals surface area (Å²) in [6, 6.07) is 16.8. The molecule has 1 saturated carbocycles. The third-order valence-electron chi connectivity index (χ3n) is 8.02. The summed E-state index contributed by atoms with van der Waals surface area (Å²) in [5, 5.41) is 5.34. The molecule has 4 rings (SSSR count). The topological polar surface area (TPSA) is 140 Å². The lowest BCUT2D eigenvalue weighted by atomic mass is 9.89. The van der Waals surface area contributed by atoms with Crippen LogP contribution in [-0.2, 0) is 29.5 Å². The Labute approximate surface area is 240 Å². The molecule has 4 amide bonds. The highest BCUT2D eigenvalue weighted by Gasteiger charge is 2.60. The largest absolute Gasteiger partial charge is 0.444 e. The lowest BCUT2D eigenvalue weighted by molar-refractivity contribution is -0.139. The van der Waals surface area contributed by atoms with Crippen LogP contribution in [0, 0.1) is 5.92 Å². The fourth-order valence-electron chi connectivity index (χ4n) is 5.65. The molecule has 1 aliphatic heterocycles. The minimum Gasteiger partial charge on any atom is -0.444 e. The van der Waals surface area contributed by atoms with E-state index in [0.29, 0.717) is 12.8 Å². The van der Waals surface area contributed by atoms with Gasteiger partial charge in [-0.25, -0.2) is 4.79 Å². The number of nitrogens with one attached hydrogen (secondary N) is 2. The van der Waals surface area contributed by atoms with Gasteiger partial charge in [-0.2, -0.15) is 0 Å². The fourth-order valence-corrected chi connectivity index (χ4v) is 5.65. The van der Waals surface area contributed by atoms with E-state index in [-0.39, 0.29) is 25.4 Å².